The highest BCUT2D eigenvalue weighted by Crippen LogP contribution is 2.52. The fourth-order valence-corrected chi connectivity index (χ4v) is 5.03. The van der Waals surface area contributed by atoms with Crippen LogP contribution in [-0.2, 0) is 4.79 Å². The van der Waals surface area contributed by atoms with E-state index in [1.54, 1.807) is 12.1 Å². The molecule has 0 saturated carbocycles. The molecule has 0 bridgehead atoms. The van der Waals surface area contributed by atoms with Crippen LogP contribution >= 0.6 is 0 Å². The van der Waals surface area contributed by atoms with Gasteiger partial charge < -0.3 is 0 Å². The van der Waals surface area contributed by atoms with Gasteiger partial charge in [-0.25, -0.2) is 4.39 Å². The molecule has 4 atom stereocenters. The van der Waals surface area contributed by atoms with Crippen LogP contribution in [0.5, 0.6) is 0 Å². The monoisotopic (exact) mass is 400 g/mol. The molecule has 0 radical (unpaired) electrons. The van der Waals surface area contributed by atoms with E-state index in [2.05, 4.69) is 12.1 Å². The molecule has 0 aromatic heterocycles. The first-order chi connectivity index (χ1) is 14.2. The summed E-state index contributed by atoms with van der Waals surface area (Å²) < 4.78 is 14.2. The minimum Gasteiger partial charge on any atom is -0.292 e. The maximum Gasteiger partial charge on any atom is 0.212 e. The number of nitrogens with zero attached hydrogens (tertiary/aromatic N) is 2. The summed E-state index contributed by atoms with van der Waals surface area (Å²) >= 11 is 0. The molecule has 2 aromatic carbocycles. The lowest BCUT2D eigenvalue weighted by Crippen LogP contribution is -3.12. The second-order valence-corrected chi connectivity index (χ2v) is 9.11. The summed E-state index contributed by atoms with van der Waals surface area (Å²) in [5.74, 6) is -1.26. The third kappa shape index (κ3) is 2.78. The number of halogens is 1. The highest BCUT2D eigenvalue weighted by molar-refractivity contribution is 5.89. The Labute approximate surface area is 175 Å². The zero-order valence-corrected chi connectivity index (χ0v) is 17.2. The molecule has 1 fully saturated rings. The van der Waals surface area contributed by atoms with Crippen molar-refractivity contribution < 1.29 is 14.1 Å². The first kappa shape index (κ1) is 20.0. The Balaban J connectivity index is 2.03. The number of carbonyl (C=O) groups excluding carboxylic acids is 1. The molecular weight excluding hydrogens is 377 g/mol. The van der Waals surface area contributed by atoms with Gasteiger partial charge in [-0.3, -0.25) is 9.69 Å². The van der Waals surface area contributed by atoms with Gasteiger partial charge in [0.25, 0.3) is 0 Å². The highest BCUT2D eigenvalue weighted by Gasteiger charge is 2.68. The van der Waals surface area contributed by atoms with Crippen LogP contribution in [0.3, 0.4) is 0 Å². The van der Waals surface area contributed by atoms with Gasteiger partial charge in [-0.15, -0.1) is 0 Å². The molecule has 150 valence electrons. The molecule has 2 aliphatic heterocycles. The number of Topliss-reactive ketones (excluding diaryl/α,β-unsaturated/α-hetero) is 1. The summed E-state index contributed by atoms with van der Waals surface area (Å²) in [5, 5.41) is 20.7. The molecule has 1 unspecified atom stereocenters. The Kier molecular flexibility index (Phi) is 4.60. The number of fused-ring (bicyclic) bond motifs is 3. The average molecular weight is 400 g/mol. The van der Waals surface area contributed by atoms with Crippen molar-refractivity contribution in [2.75, 3.05) is 0 Å². The predicted octanol–water partition coefficient (Wildman–Crippen LogP) is 3.55. The van der Waals surface area contributed by atoms with E-state index in [1.807, 2.05) is 57.3 Å². The highest BCUT2D eigenvalue weighted by atomic mass is 19.1. The van der Waals surface area contributed by atoms with Crippen molar-refractivity contribution in [2.24, 2.45) is 10.8 Å². The summed E-state index contributed by atoms with van der Waals surface area (Å²) in [6.07, 6.45) is 3.83. The summed E-state index contributed by atoms with van der Waals surface area (Å²) in [5.41, 5.74) is 0.106. The summed E-state index contributed by atoms with van der Waals surface area (Å²) in [6, 6.07) is 17.0. The fraction of sp³-hybridized carbons (Fsp3) is 0.320. The number of benzene rings is 2. The number of rotatable bonds is 2. The van der Waals surface area contributed by atoms with Gasteiger partial charge in [-0.05, 0) is 29.3 Å². The van der Waals surface area contributed by atoms with Crippen LogP contribution in [-0.4, -0.2) is 11.8 Å². The second-order valence-electron chi connectivity index (χ2n) is 9.11. The molecule has 5 heteroatoms. The molecule has 0 aliphatic carbocycles. The van der Waals surface area contributed by atoms with Gasteiger partial charge in [-0.1, -0.05) is 57.2 Å². The predicted molar refractivity (Wildman–Crippen MR) is 110 cm³/mol. The van der Waals surface area contributed by atoms with Crippen LogP contribution < -0.4 is 4.90 Å². The maximum atomic E-state index is 14.2. The van der Waals surface area contributed by atoms with E-state index in [1.165, 1.54) is 12.1 Å². The van der Waals surface area contributed by atoms with Crippen molar-refractivity contribution in [1.82, 2.24) is 0 Å². The molecular formula is C25H23FN3O+. The van der Waals surface area contributed by atoms with Gasteiger partial charge >= 0.3 is 0 Å². The first-order valence-electron chi connectivity index (χ1n) is 10.0. The Morgan fingerprint density at radius 2 is 1.80 bits per heavy atom. The van der Waals surface area contributed by atoms with Gasteiger partial charge in [0.1, 0.15) is 5.82 Å². The number of nitriles is 2. The molecule has 0 amide bonds. The molecule has 4 rings (SSSR count). The molecule has 2 aromatic rings. The van der Waals surface area contributed by atoms with E-state index in [9.17, 15) is 19.7 Å². The van der Waals surface area contributed by atoms with Gasteiger partial charge in [0.2, 0.25) is 5.41 Å². The third-order valence-corrected chi connectivity index (χ3v) is 6.33. The van der Waals surface area contributed by atoms with Crippen molar-refractivity contribution in [1.29, 1.82) is 10.5 Å². The van der Waals surface area contributed by atoms with Crippen molar-refractivity contribution >= 4 is 11.9 Å². The fourth-order valence-electron chi connectivity index (χ4n) is 5.03. The SMILES string of the molecule is CC(C)(C)C(=O)[C@@H]1[C@H](c2cccc(F)c2)C(C#N)(C#N)[C@H]2c3ccccc3C=C[NH+]12. The molecule has 2 heterocycles. The van der Waals surface area contributed by atoms with E-state index in [-0.39, 0.29) is 5.78 Å². The lowest BCUT2D eigenvalue weighted by Gasteiger charge is -2.31. The van der Waals surface area contributed by atoms with Crippen LogP contribution in [0.15, 0.2) is 54.7 Å². The number of quaternary nitrogens is 1. The molecule has 0 spiro atoms. The third-order valence-electron chi connectivity index (χ3n) is 6.33. The topological polar surface area (TPSA) is 69.1 Å². The zero-order valence-electron chi connectivity index (χ0n) is 17.2. The Morgan fingerprint density at radius 3 is 2.43 bits per heavy atom. The first-order valence-corrected chi connectivity index (χ1v) is 10.0. The smallest absolute Gasteiger partial charge is 0.212 e. The standard InChI is InChI=1S/C25H22FN3O/c1-24(2,3)23(30)21-20(17-8-6-9-18(26)13-17)25(14-27,15-28)22-19-10-5-4-7-16(19)11-12-29(21)22/h4-13,20-22H,1-3H3/p+1/t20-,21-,22+/m0/s1. The molecule has 30 heavy (non-hydrogen) atoms. The van der Waals surface area contributed by atoms with Crippen LogP contribution in [0.4, 0.5) is 4.39 Å². The van der Waals surface area contributed by atoms with Crippen LogP contribution in [0.25, 0.3) is 6.08 Å². The Morgan fingerprint density at radius 1 is 1.10 bits per heavy atom. The number of hydrogen-bond acceptors (Lipinski definition) is 3. The van der Waals surface area contributed by atoms with Gasteiger partial charge in [0.15, 0.2) is 17.9 Å². The van der Waals surface area contributed by atoms with E-state index in [0.29, 0.717) is 5.56 Å². The lowest BCUT2D eigenvalue weighted by molar-refractivity contribution is -0.885. The molecule has 1 saturated heterocycles. The van der Waals surface area contributed by atoms with Crippen molar-refractivity contribution in [3.63, 3.8) is 0 Å². The maximum absolute atomic E-state index is 14.2. The average Bonchev–Trinajstić information content (AvgIpc) is 3.03. The van der Waals surface area contributed by atoms with Crippen molar-refractivity contribution in [2.45, 2.75) is 38.8 Å². The van der Waals surface area contributed by atoms with Crippen LogP contribution in [0.2, 0.25) is 0 Å². The van der Waals surface area contributed by atoms with E-state index >= 15 is 0 Å². The Hall–Kier alpha value is -3.28. The minimum atomic E-state index is -1.52. The number of nitrogens with one attached hydrogen (secondary N) is 1. The quantitative estimate of drug-likeness (QED) is 0.838. The van der Waals surface area contributed by atoms with Crippen molar-refractivity contribution in [3.05, 3.63) is 77.2 Å². The molecule has 1 N–H and O–H groups in total. The van der Waals surface area contributed by atoms with E-state index in [4.69, 9.17) is 0 Å². The normalized spacial score (nSPS) is 26.2. The van der Waals surface area contributed by atoms with Crippen LogP contribution in [0, 0.1) is 39.3 Å². The number of ketones is 1. The van der Waals surface area contributed by atoms with Crippen LogP contribution in [0.1, 0.15) is 49.4 Å². The molecule has 2 aliphatic rings. The van der Waals surface area contributed by atoms with Gasteiger partial charge in [0, 0.05) is 11.0 Å². The summed E-state index contributed by atoms with van der Waals surface area (Å²) in [7, 11) is 0. The number of hydrogen-bond donors (Lipinski definition) is 1. The molecule has 4 nitrogen and oxygen atoms in total. The number of carbonyl (C=O) groups is 1. The zero-order chi connectivity index (χ0) is 21.7. The van der Waals surface area contributed by atoms with Gasteiger partial charge in [-0.2, -0.15) is 10.5 Å². The largest absolute Gasteiger partial charge is 0.292 e. The lowest BCUT2D eigenvalue weighted by atomic mass is 9.66. The van der Waals surface area contributed by atoms with E-state index < -0.39 is 34.6 Å². The van der Waals surface area contributed by atoms with Crippen molar-refractivity contribution in [3.8, 4) is 12.1 Å². The van der Waals surface area contributed by atoms with Gasteiger partial charge in [0.05, 0.1) is 24.3 Å². The minimum absolute atomic E-state index is 0.0480. The summed E-state index contributed by atoms with van der Waals surface area (Å²) in [4.78, 5) is 14.4. The second kappa shape index (κ2) is 6.90. The van der Waals surface area contributed by atoms with E-state index in [0.717, 1.165) is 16.0 Å². The Bertz CT molecular complexity index is 1120. The summed E-state index contributed by atoms with van der Waals surface area (Å²) in [6.45, 7) is 5.52.